The maximum absolute atomic E-state index is 13.3. The summed E-state index contributed by atoms with van der Waals surface area (Å²) in [5.41, 5.74) is 2.96. The quantitative estimate of drug-likeness (QED) is 0.277. The van der Waals surface area contributed by atoms with Crippen LogP contribution in [0.3, 0.4) is 0 Å². The second-order valence-corrected chi connectivity index (χ2v) is 9.62. The average molecular weight is 592 g/mol. The fraction of sp³-hybridized carbons (Fsp3) is 0.172. The predicted molar refractivity (Wildman–Crippen MR) is 151 cm³/mol. The molecular weight excluding hydrogens is 566 g/mol. The van der Waals surface area contributed by atoms with Crippen molar-refractivity contribution in [3.63, 3.8) is 0 Å². The molecule has 9 nitrogen and oxygen atoms in total. The lowest BCUT2D eigenvalue weighted by atomic mass is 10.0. The van der Waals surface area contributed by atoms with E-state index in [1.54, 1.807) is 43.3 Å². The summed E-state index contributed by atoms with van der Waals surface area (Å²) in [6.07, 6.45) is 1.37. The smallest absolute Gasteiger partial charge is 0.335 e. The summed E-state index contributed by atoms with van der Waals surface area (Å²) in [6.45, 7) is 5.52. The molecule has 0 saturated carbocycles. The van der Waals surface area contributed by atoms with Crippen LogP contribution in [0.15, 0.2) is 70.7 Å². The van der Waals surface area contributed by atoms with Crippen LogP contribution in [-0.4, -0.2) is 37.0 Å². The highest BCUT2D eigenvalue weighted by atomic mass is 79.9. The molecule has 0 bridgehead atoms. The molecule has 1 fully saturated rings. The van der Waals surface area contributed by atoms with Crippen molar-refractivity contribution in [2.75, 3.05) is 23.4 Å². The number of anilines is 2. The number of hydrogen-bond acceptors (Lipinski definition) is 6. The third-order valence-electron chi connectivity index (χ3n) is 5.61. The molecule has 0 radical (unpaired) electrons. The first-order chi connectivity index (χ1) is 18.7. The summed E-state index contributed by atoms with van der Waals surface area (Å²) < 4.78 is 11.9. The zero-order chi connectivity index (χ0) is 28.1. The van der Waals surface area contributed by atoms with E-state index in [1.165, 1.54) is 6.08 Å². The van der Waals surface area contributed by atoms with Gasteiger partial charge in [0.05, 0.1) is 16.8 Å². The first-order valence-electron chi connectivity index (χ1n) is 12.1. The fourth-order valence-electron chi connectivity index (χ4n) is 4.07. The number of imide groups is 2. The van der Waals surface area contributed by atoms with Gasteiger partial charge in [-0.15, -0.1) is 0 Å². The van der Waals surface area contributed by atoms with Crippen molar-refractivity contribution in [1.29, 1.82) is 0 Å². The van der Waals surface area contributed by atoms with Crippen molar-refractivity contribution in [2.24, 2.45) is 0 Å². The minimum Gasteiger partial charge on any atom is -0.490 e. The van der Waals surface area contributed by atoms with Gasteiger partial charge in [0.25, 0.3) is 17.7 Å². The molecule has 0 spiro atoms. The lowest BCUT2D eigenvalue weighted by Crippen LogP contribution is -2.54. The summed E-state index contributed by atoms with van der Waals surface area (Å²) in [6, 6.07) is 16.7. The lowest BCUT2D eigenvalue weighted by molar-refractivity contribution is -0.122. The van der Waals surface area contributed by atoms with Gasteiger partial charge in [-0.05, 0) is 95.9 Å². The van der Waals surface area contributed by atoms with Crippen molar-refractivity contribution in [2.45, 2.75) is 20.8 Å². The van der Waals surface area contributed by atoms with Gasteiger partial charge in [-0.1, -0.05) is 24.3 Å². The Morgan fingerprint density at radius 3 is 2.36 bits per heavy atom. The Bertz CT molecular complexity index is 1470. The van der Waals surface area contributed by atoms with E-state index in [9.17, 15) is 19.2 Å². The number of carbonyl (C=O) groups is 4. The number of carbonyl (C=O) groups excluding carboxylic acids is 4. The van der Waals surface area contributed by atoms with Gasteiger partial charge in [-0.2, -0.15) is 0 Å². The van der Waals surface area contributed by atoms with Crippen molar-refractivity contribution in [3.8, 4) is 11.5 Å². The Kier molecular flexibility index (Phi) is 8.46. The SMILES string of the molecule is CCOc1cc(/C=C2\C(=O)NC(=O)N(c3cc(C)cc(C)c3)C2=O)cc(Br)c1OCC(=O)Nc1ccccc1. The molecule has 0 aliphatic carbocycles. The molecule has 1 aliphatic heterocycles. The van der Waals surface area contributed by atoms with Crippen molar-refractivity contribution >= 4 is 57.1 Å². The van der Waals surface area contributed by atoms with Gasteiger partial charge in [0.1, 0.15) is 5.57 Å². The Morgan fingerprint density at radius 2 is 1.69 bits per heavy atom. The maximum Gasteiger partial charge on any atom is 0.335 e. The van der Waals surface area contributed by atoms with Gasteiger partial charge < -0.3 is 14.8 Å². The van der Waals surface area contributed by atoms with Crippen LogP contribution in [-0.2, 0) is 14.4 Å². The number of ether oxygens (including phenoxy) is 2. The van der Waals surface area contributed by atoms with Crippen LogP contribution in [0.4, 0.5) is 16.2 Å². The summed E-state index contributed by atoms with van der Waals surface area (Å²) in [5.74, 6) is -1.33. The van der Waals surface area contributed by atoms with Gasteiger partial charge in [0, 0.05) is 5.69 Å². The Balaban J connectivity index is 1.60. The van der Waals surface area contributed by atoms with E-state index in [0.29, 0.717) is 33.8 Å². The number of urea groups is 1. The molecule has 1 aliphatic rings. The normalized spacial score (nSPS) is 14.3. The standard InChI is InChI=1S/C29H26BrN3O6/c1-4-38-24-15-19(14-23(30)26(24)39-16-25(34)31-20-8-6-5-7-9-20)13-22-27(35)32-29(37)33(28(22)36)21-11-17(2)10-18(3)12-21/h5-15H,4,16H2,1-3H3,(H,31,34)(H,32,35,37)/b22-13+. The molecule has 10 heteroatoms. The first kappa shape index (κ1) is 27.6. The highest BCUT2D eigenvalue weighted by molar-refractivity contribution is 9.10. The monoisotopic (exact) mass is 591 g/mol. The number of halogens is 1. The van der Waals surface area contributed by atoms with Crippen LogP contribution >= 0.6 is 15.9 Å². The van der Waals surface area contributed by atoms with Gasteiger partial charge >= 0.3 is 6.03 Å². The highest BCUT2D eigenvalue weighted by Crippen LogP contribution is 2.38. The van der Waals surface area contributed by atoms with E-state index in [-0.39, 0.29) is 23.8 Å². The second kappa shape index (κ2) is 12.0. The van der Waals surface area contributed by atoms with Crippen LogP contribution in [0.2, 0.25) is 0 Å². The number of amides is 5. The van der Waals surface area contributed by atoms with Gasteiger partial charge in [-0.3, -0.25) is 19.7 Å². The molecule has 5 amide bonds. The van der Waals surface area contributed by atoms with E-state index in [4.69, 9.17) is 9.47 Å². The zero-order valence-corrected chi connectivity index (χ0v) is 23.1. The molecule has 200 valence electrons. The van der Waals surface area contributed by atoms with Gasteiger partial charge in [0.15, 0.2) is 18.1 Å². The van der Waals surface area contributed by atoms with Crippen LogP contribution in [0.1, 0.15) is 23.6 Å². The number of benzene rings is 3. The van der Waals surface area contributed by atoms with Crippen LogP contribution in [0.25, 0.3) is 6.08 Å². The Labute approximate surface area is 233 Å². The number of rotatable bonds is 8. The molecule has 0 unspecified atom stereocenters. The van der Waals surface area contributed by atoms with Crippen LogP contribution < -0.4 is 25.0 Å². The number of nitrogens with one attached hydrogen (secondary N) is 2. The van der Waals surface area contributed by atoms with E-state index in [0.717, 1.165) is 16.0 Å². The number of para-hydroxylation sites is 1. The molecule has 4 rings (SSSR count). The average Bonchev–Trinajstić information content (AvgIpc) is 2.86. The van der Waals surface area contributed by atoms with E-state index in [1.807, 2.05) is 38.1 Å². The molecule has 3 aromatic rings. The van der Waals surface area contributed by atoms with Gasteiger partial charge in [-0.25, -0.2) is 9.69 Å². The largest absolute Gasteiger partial charge is 0.490 e. The van der Waals surface area contributed by atoms with Gasteiger partial charge in [0.2, 0.25) is 0 Å². The van der Waals surface area contributed by atoms with Crippen molar-refractivity contribution < 1.29 is 28.7 Å². The number of nitrogens with zero attached hydrogens (tertiary/aromatic N) is 1. The molecule has 0 aromatic heterocycles. The summed E-state index contributed by atoms with van der Waals surface area (Å²) in [5, 5.41) is 4.98. The fourth-order valence-corrected chi connectivity index (χ4v) is 4.64. The van der Waals surface area contributed by atoms with Crippen molar-refractivity contribution in [1.82, 2.24) is 5.32 Å². The first-order valence-corrected chi connectivity index (χ1v) is 12.9. The molecule has 39 heavy (non-hydrogen) atoms. The van der Waals surface area contributed by atoms with Crippen LogP contribution in [0, 0.1) is 13.8 Å². The number of barbiturate groups is 1. The second-order valence-electron chi connectivity index (χ2n) is 8.77. The highest BCUT2D eigenvalue weighted by Gasteiger charge is 2.37. The molecular formula is C29H26BrN3O6. The molecule has 2 N–H and O–H groups in total. The predicted octanol–water partition coefficient (Wildman–Crippen LogP) is 5.15. The van der Waals surface area contributed by atoms with Crippen molar-refractivity contribution in [3.05, 3.63) is 87.4 Å². The molecule has 0 atom stereocenters. The Morgan fingerprint density at radius 1 is 1.00 bits per heavy atom. The molecule has 1 heterocycles. The minimum atomic E-state index is -0.819. The lowest BCUT2D eigenvalue weighted by Gasteiger charge is -2.27. The topological polar surface area (TPSA) is 114 Å². The van der Waals surface area contributed by atoms with E-state index >= 15 is 0 Å². The van der Waals surface area contributed by atoms with E-state index < -0.39 is 17.8 Å². The summed E-state index contributed by atoms with van der Waals surface area (Å²) >= 11 is 3.44. The number of hydrogen-bond donors (Lipinski definition) is 2. The molecule has 1 saturated heterocycles. The van der Waals surface area contributed by atoms with E-state index in [2.05, 4.69) is 26.6 Å². The summed E-state index contributed by atoms with van der Waals surface area (Å²) in [7, 11) is 0. The Hall–Kier alpha value is -4.44. The van der Waals surface area contributed by atoms with Crippen LogP contribution in [0.5, 0.6) is 11.5 Å². The maximum atomic E-state index is 13.3. The minimum absolute atomic E-state index is 0.223. The molecule has 3 aromatic carbocycles. The summed E-state index contributed by atoms with van der Waals surface area (Å²) in [4.78, 5) is 51.9. The third-order valence-corrected chi connectivity index (χ3v) is 6.20. The number of aryl methyl sites for hydroxylation is 2. The third kappa shape index (κ3) is 6.53. The zero-order valence-electron chi connectivity index (χ0n) is 21.5.